The van der Waals surface area contributed by atoms with Crippen molar-refractivity contribution in [2.24, 2.45) is 41.2 Å². The maximum atomic E-state index is 14.0. The second-order valence-corrected chi connectivity index (χ2v) is 12.5. The molecule has 2 fully saturated rings. The third kappa shape index (κ3) is 4.27. The lowest BCUT2D eigenvalue weighted by atomic mass is 9.49. The van der Waals surface area contributed by atoms with Gasteiger partial charge < -0.3 is 21.3 Å². The number of hydrogen-bond donors (Lipinski definition) is 4. The highest BCUT2D eigenvalue weighted by Gasteiger charge is 2.69. The molecule has 0 radical (unpaired) electrons. The third-order valence-corrected chi connectivity index (χ3v) is 9.71. The van der Waals surface area contributed by atoms with E-state index in [2.05, 4.69) is 5.32 Å². The second kappa shape index (κ2) is 10.5. The van der Waals surface area contributed by atoms with E-state index in [0.29, 0.717) is 34.4 Å². The van der Waals surface area contributed by atoms with E-state index in [-0.39, 0.29) is 30.1 Å². The Balaban J connectivity index is 1.37. The molecule has 0 aromatic heterocycles. The molecule has 10 heteroatoms. The van der Waals surface area contributed by atoms with Crippen LogP contribution in [0.4, 0.5) is 5.69 Å². The largest absolute Gasteiger partial charge is 0.507 e. The summed E-state index contributed by atoms with van der Waals surface area (Å²) in [5, 5.41) is 25.4. The number of aliphatic hydroxyl groups is 1. The maximum absolute atomic E-state index is 14.0. The Kier molecular flexibility index (Phi) is 7.00. The van der Waals surface area contributed by atoms with E-state index in [9.17, 15) is 39.0 Å². The lowest BCUT2D eigenvalue weighted by molar-refractivity contribution is -0.182. The first kappa shape index (κ1) is 29.4. The van der Waals surface area contributed by atoms with Gasteiger partial charge in [-0.25, -0.2) is 0 Å². The van der Waals surface area contributed by atoms with Gasteiger partial charge in [0.1, 0.15) is 5.75 Å². The fraction of sp³-hybridized carbons (Fsp3) is 0.353. The first-order valence-electron chi connectivity index (χ1n) is 14.7. The van der Waals surface area contributed by atoms with Crippen LogP contribution in [0.1, 0.15) is 42.6 Å². The number of anilines is 1. The first-order chi connectivity index (χ1) is 20.9. The normalized spacial score (nSPS) is 29.2. The van der Waals surface area contributed by atoms with Crippen molar-refractivity contribution in [3.63, 3.8) is 0 Å². The zero-order valence-corrected chi connectivity index (χ0v) is 24.2. The van der Waals surface area contributed by atoms with Crippen LogP contribution >= 0.6 is 0 Å². The van der Waals surface area contributed by atoms with Crippen LogP contribution in [0.5, 0.6) is 5.75 Å². The Bertz CT molecular complexity index is 1720. The van der Waals surface area contributed by atoms with Crippen molar-refractivity contribution < 1.29 is 39.0 Å². The standard InChI is InChI=1S/C34H32N2O8/c1-15(2)24-22-14-18-13-21-20(16-7-9-19(10-8-16)36-33(43)17-5-3-4-6-17)11-12-23(37)26(21)29(39)25(18)30(40)34(22,44)31(41)27(28(24)38)32(35)42/h3-5,7-12,15,18,22,24-25,27,37,44H,6,13-14H2,1-2H3,(H2,35,42)(H,36,43)/t18-,22-,24-,25?,27?,34-/m0/s1. The summed E-state index contributed by atoms with van der Waals surface area (Å²) in [5.74, 6) is -12.2. The van der Waals surface area contributed by atoms with E-state index < -0.39 is 70.1 Å². The van der Waals surface area contributed by atoms with Crippen molar-refractivity contribution in [1.29, 1.82) is 0 Å². The van der Waals surface area contributed by atoms with Crippen LogP contribution in [0.2, 0.25) is 0 Å². The lowest BCUT2D eigenvalue weighted by Crippen LogP contribution is -2.71. The molecule has 44 heavy (non-hydrogen) atoms. The fourth-order valence-corrected chi connectivity index (χ4v) is 7.68. The van der Waals surface area contributed by atoms with Crippen LogP contribution in [0.3, 0.4) is 0 Å². The first-order valence-corrected chi connectivity index (χ1v) is 14.7. The molecule has 4 aliphatic rings. The van der Waals surface area contributed by atoms with Gasteiger partial charge in [-0.15, -0.1) is 0 Å². The molecule has 2 amide bonds. The number of amides is 2. The number of carbonyl (C=O) groups excluding carboxylic acids is 6. The SMILES string of the molecule is CC(C)[C@@H]1C(=O)C(C(N)=O)C(=O)[C@@]2(O)C(=O)C3C(=O)c4c(O)ccc(-c5ccc(NC(=O)C6=CC=CC6)cc5)c4C[C@H]3C[C@@H]12. The molecule has 2 aromatic carbocycles. The molecule has 0 heterocycles. The minimum absolute atomic E-state index is 0.00860. The van der Waals surface area contributed by atoms with Gasteiger partial charge in [0.15, 0.2) is 34.7 Å². The Hall–Kier alpha value is -4.70. The highest BCUT2D eigenvalue weighted by molar-refractivity contribution is 6.32. The van der Waals surface area contributed by atoms with Crippen molar-refractivity contribution in [2.75, 3.05) is 5.32 Å². The molecule has 0 aliphatic heterocycles. The van der Waals surface area contributed by atoms with E-state index in [1.54, 1.807) is 50.3 Å². The number of phenols is 1. The highest BCUT2D eigenvalue weighted by atomic mass is 16.3. The van der Waals surface area contributed by atoms with Gasteiger partial charge in [0.05, 0.1) is 11.5 Å². The molecule has 6 atom stereocenters. The van der Waals surface area contributed by atoms with E-state index in [1.807, 2.05) is 12.2 Å². The summed E-state index contributed by atoms with van der Waals surface area (Å²) in [6.07, 6.45) is 6.21. The Morgan fingerprint density at radius 1 is 1.02 bits per heavy atom. The van der Waals surface area contributed by atoms with Gasteiger partial charge in [-0.2, -0.15) is 0 Å². The van der Waals surface area contributed by atoms with Gasteiger partial charge in [-0.3, -0.25) is 28.8 Å². The Morgan fingerprint density at radius 2 is 1.73 bits per heavy atom. The van der Waals surface area contributed by atoms with Crippen LogP contribution < -0.4 is 11.1 Å². The van der Waals surface area contributed by atoms with Gasteiger partial charge >= 0.3 is 0 Å². The van der Waals surface area contributed by atoms with E-state index in [0.717, 1.165) is 0 Å². The number of ketones is 4. The fourth-order valence-electron chi connectivity index (χ4n) is 7.68. The van der Waals surface area contributed by atoms with Gasteiger partial charge in [0.2, 0.25) is 5.91 Å². The van der Waals surface area contributed by atoms with Crippen LogP contribution in [-0.4, -0.2) is 50.8 Å². The van der Waals surface area contributed by atoms with Crippen LogP contribution in [0, 0.1) is 35.5 Å². The predicted molar refractivity (Wildman–Crippen MR) is 158 cm³/mol. The summed E-state index contributed by atoms with van der Waals surface area (Å²) in [4.78, 5) is 79.4. The van der Waals surface area contributed by atoms with E-state index >= 15 is 0 Å². The molecule has 2 saturated carbocycles. The van der Waals surface area contributed by atoms with Crippen LogP contribution in [-0.2, 0) is 30.4 Å². The molecule has 226 valence electrons. The number of phenolic OH excluding ortho intramolecular Hbond substituents is 1. The summed E-state index contributed by atoms with van der Waals surface area (Å²) in [7, 11) is 0. The summed E-state index contributed by atoms with van der Waals surface area (Å²) >= 11 is 0. The van der Waals surface area contributed by atoms with Crippen molar-refractivity contribution >= 4 is 40.6 Å². The van der Waals surface area contributed by atoms with Crippen molar-refractivity contribution in [3.05, 3.63) is 71.3 Å². The van der Waals surface area contributed by atoms with Crippen LogP contribution in [0.25, 0.3) is 11.1 Å². The molecule has 10 nitrogen and oxygen atoms in total. The van der Waals surface area contributed by atoms with Crippen molar-refractivity contribution in [1.82, 2.24) is 0 Å². The van der Waals surface area contributed by atoms with E-state index in [1.165, 1.54) is 6.07 Å². The number of nitrogens with two attached hydrogens (primary N) is 1. The van der Waals surface area contributed by atoms with Crippen molar-refractivity contribution in [2.45, 2.75) is 38.7 Å². The molecule has 2 aromatic rings. The molecule has 4 aliphatic carbocycles. The van der Waals surface area contributed by atoms with Gasteiger partial charge in [-0.1, -0.05) is 50.3 Å². The number of primary amides is 1. The average Bonchev–Trinajstić information content (AvgIpc) is 3.51. The number of allylic oxidation sites excluding steroid dienone is 3. The molecule has 2 unspecified atom stereocenters. The third-order valence-electron chi connectivity index (χ3n) is 9.71. The number of benzene rings is 2. The number of aromatic hydroxyl groups is 1. The minimum atomic E-state index is -2.73. The molecule has 0 saturated heterocycles. The molecule has 5 N–H and O–H groups in total. The lowest BCUT2D eigenvalue weighted by Gasteiger charge is -2.52. The number of carbonyl (C=O) groups is 6. The zero-order chi connectivity index (χ0) is 31.7. The van der Waals surface area contributed by atoms with Gasteiger partial charge in [0, 0.05) is 23.1 Å². The summed E-state index contributed by atoms with van der Waals surface area (Å²) in [6, 6.07) is 10.1. The molecule has 0 bridgehead atoms. The second-order valence-electron chi connectivity index (χ2n) is 12.5. The monoisotopic (exact) mass is 596 g/mol. The predicted octanol–water partition coefficient (Wildman–Crippen LogP) is 2.70. The maximum Gasteiger partial charge on any atom is 0.251 e. The summed E-state index contributed by atoms with van der Waals surface area (Å²) < 4.78 is 0. The highest BCUT2D eigenvalue weighted by Crippen LogP contribution is 2.53. The number of nitrogens with one attached hydrogen (secondary N) is 1. The smallest absolute Gasteiger partial charge is 0.251 e. The molecule has 6 rings (SSSR count). The van der Waals surface area contributed by atoms with Gasteiger partial charge in [0.25, 0.3) is 5.91 Å². The molecular weight excluding hydrogens is 564 g/mol. The minimum Gasteiger partial charge on any atom is -0.507 e. The zero-order valence-electron chi connectivity index (χ0n) is 24.2. The number of hydrogen-bond acceptors (Lipinski definition) is 8. The summed E-state index contributed by atoms with van der Waals surface area (Å²) in [6.45, 7) is 3.41. The number of Topliss-reactive ketones (excluding diaryl/α,β-unsaturated/α-hetero) is 4. The quantitative estimate of drug-likeness (QED) is 0.380. The summed E-state index contributed by atoms with van der Waals surface area (Å²) in [5.41, 5.74) is 5.68. The number of fused-ring (bicyclic) bond motifs is 3. The van der Waals surface area contributed by atoms with Crippen LogP contribution in [0.15, 0.2) is 60.2 Å². The topological polar surface area (TPSA) is 181 Å². The molecule has 0 spiro atoms. The Morgan fingerprint density at radius 3 is 2.34 bits per heavy atom. The van der Waals surface area contributed by atoms with E-state index in [4.69, 9.17) is 5.73 Å². The number of rotatable bonds is 5. The average molecular weight is 597 g/mol. The molecular formula is C34H32N2O8. The Labute approximate surface area is 253 Å². The van der Waals surface area contributed by atoms with Crippen molar-refractivity contribution in [3.8, 4) is 16.9 Å². The van der Waals surface area contributed by atoms with Gasteiger partial charge in [-0.05, 0) is 66.0 Å².